The molecule has 0 bridgehead atoms. The number of nitrogens with zero attached hydrogens (tertiary/aromatic N) is 5. The molecule has 1 saturated carbocycles. The van der Waals surface area contributed by atoms with Crippen molar-refractivity contribution in [3.63, 3.8) is 0 Å². The number of hydrogen-bond donors (Lipinski definition) is 0. The van der Waals surface area contributed by atoms with Gasteiger partial charge in [-0.05, 0) is 31.9 Å². The molecule has 2 aromatic rings. The molecule has 3 fully saturated rings. The molecule has 148 valence electrons. The average molecular weight is 389 g/mol. The Bertz CT molecular complexity index is 864. The van der Waals surface area contributed by atoms with Crippen LogP contribution in [-0.2, 0) is 6.18 Å². The van der Waals surface area contributed by atoms with Gasteiger partial charge in [0.2, 0.25) is 0 Å². The van der Waals surface area contributed by atoms with E-state index in [2.05, 4.69) is 25.8 Å². The first-order valence-corrected chi connectivity index (χ1v) is 9.75. The van der Waals surface area contributed by atoms with Crippen molar-refractivity contribution >= 4 is 11.6 Å². The third-order valence-corrected chi connectivity index (χ3v) is 6.01. The first-order valence-electron chi connectivity index (χ1n) is 9.75. The predicted molar refractivity (Wildman–Crippen MR) is 99.4 cm³/mol. The van der Waals surface area contributed by atoms with Gasteiger partial charge in [0.15, 0.2) is 0 Å². The van der Waals surface area contributed by atoms with Gasteiger partial charge < -0.3 is 9.80 Å². The minimum atomic E-state index is -4.34. The highest BCUT2D eigenvalue weighted by molar-refractivity contribution is 5.46. The Balaban J connectivity index is 1.26. The van der Waals surface area contributed by atoms with Crippen LogP contribution in [0.15, 0.2) is 24.4 Å². The van der Waals surface area contributed by atoms with E-state index in [1.165, 1.54) is 18.9 Å². The van der Waals surface area contributed by atoms with Crippen LogP contribution in [-0.4, -0.2) is 41.1 Å². The zero-order valence-electron chi connectivity index (χ0n) is 15.7. The minimum absolute atomic E-state index is 0.476. The van der Waals surface area contributed by atoms with Gasteiger partial charge in [0.05, 0.1) is 5.56 Å². The Morgan fingerprint density at radius 2 is 1.57 bits per heavy atom. The van der Waals surface area contributed by atoms with E-state index >= 15 is 0 Å². The van der Waals surface area contributed by atoms with E-state index in [4.69, 9.17) is 4.98 Å². The van der Waals surface area contributed by atoms with Crippen LogP contribution >= 0.6 is 0 Å². The lowest BCUT2D eigenvalue weighted by Crippen LogP contribution is -2.30. The fraction of sp³-hybridized carbons (Fsp3) is 0.550. The first-order chi connectivity index (χ1) is 13.4. The Labute approximate surface area is 161 Å². The highest BCUT2D eigenvalue weighted by atomic mass is 19.4. The van der Waals surface area contributed by atoms with Crippen molar-refractivity contribution in [1.82, 2.24) is 15.0 Å². The van der Waals surface area contributed by atoms with Crippen LogP contribution in [0.3, 0.4) is 0 Å². The number of pyridine rings is 1. The molecule has 28 heavy (non-hydrogen) atoms. The second-order valence-electron chi connectivity index (χ2n) is 8.23. The summed E-state index contributed by atoms with van der Waals surface area (Å²) in [4.78, 5) is 17.9. The van der Waals surface area contributed by atoms with Gasteiger partial charge in [-0.25, -0.2) is 15.0 Å². The Hall–Kier alpha value is -2.38. The number of halogens is 3. The summed E-state index contributed by atoms with van der Waals surface area (Å²) in [6.07, 6.45) is -1.05. The molecule has 0 N–H and O–H groups in total. The van der Waals surface area contributed by atoms with E-state index in [9.17, 15) is 13.2 Å². The van der Waals surface area contributed by atoms with Crippen molar-refractivity contribution in [2.75, 3.05) is 36.0 Å². The molecule has 2 unspecified atom stereocenters. The third kappa shape index (κ3) is 3.29. The van der Waals surface area contributed by atoms with Crippen molar-refractivity contribution in [2.45, 2.75) is 31.9 Å². The number of aryl methyl sites for hydroxylation is 1. The van der Waals surface area contributed by atoms with E-state index in [1.807, 2.05) is 6.92 Å². The van der Waals surface area contributed by atoms with Gasteiger partial charge in [-0.2, -0.15) is 13.2 Å². The maximum Gasteiger partial charge on any atom is 0.417 e. The molecule has 8 heteroatoms. The molecule has 5 nitrogen and oxygen atoms in total. The molecule has 2 aromatic heterocycles. The molecule has 0 aromatic carbocycles. The standard InChI is InChI=1S/C20H22F3N5/c1-12-6-18(26-19(25-12)13-2-3-13)28-10-14-8-27(9-15(14)11-28)17-5-4-16(7-24-17)20(21,22)23/h4-7,13-15H,2-3,8-11H2,1H3. The summed E-state index contributed by atoms with van der Waals surface area (Å²) < 4.78 is 38.2. The molecule has 5 rings (SSSR count). The lowest BCUT2D eigenvalue weighted by molar-refractivity contribution is -0.137. The van der Waals surface area contributed by atoms with E-state index in [1.54, 1.807) is 0 Å². The molecule has 3 aliphatic rings. The smallest absolute Gasteiger partial charge is 0.356 e. The summed E-state index contributed by atoms with van der Waals surface area (Å²) in [5.41, 5.74) is 0.312. The van der Waals surface area contributed by atoms with Crippen LogP contribution in [0.25, 0.3) is 0 Å². The molecule has 2 saturated heterocycles. The molecule has 0 spiro atoms. The predicted octanol–water partition coefficient (Wildman–Crippen LogP) is 3.65. The van der Waals surface area contributed by atoms with Crippen molar-refractivity contribution in [1.29, 1.82) is 0 Å². The fourth-order valence-corrected chi connectivity index (χ4v) is 4.37. The van der Waals surface area contributed by atoms with Gasteiger partial charge in [0.25, 0.3) is 0 Å². The molecular weight excluding hydrogens is 367 g/mol. The fourth-order valence-electron chi connectivity index (χ4n) is 4.37. The van der Waals surface area contributed by atoms with Crippen molar-refractivity contribution in [3.8, 4) is 0 Å². The molecule has 0 amide bonds. The first kappa shape index (κ1) is 17.7. The molecule has 0 radical (unpaired) electrons. The van der Waals surface area contributed by atoms with Crippen LogP contribution in [0.2, 0.25) is 0 Å². The minimum Gasteiger partial charge on any atom is -0.356 e. The number of alkyl halides is 3. The van der Waals surface area contributed by atoms with Crippen LogP contribution in [0.5, 0.6) is 0 Å². The summed E-state index contributed by atoms with van der Waals surface area (Å²) in [6, 6.07) is 4.66. The summed E-state index contributed by atoms with van der Waals surface area (Å²) in [5.74, 6) is 4.10. The van der Waals surface area contributed by atoms with E-state index in [0.29, 0.717) is 23.6 Å². The molecule has 1 aliphatic carbocycles. The maximum absolute atomic E-state index is 12.7. The number of hydrogen-bond acceptors (Lipinski definition) is 5. The monoisotopic (exact) mass is 389 g/mol. The number of rotatable bonds is 3. The average Bonchev–Trinajstić information content (AvgIpc) is 3.31. The second kappa shape index (κ2) is 6.32. The van der Waals surface area contributed by atoms with Gasteiger partial charge in [-0.3, -0.25) is 0 Å². The maximum atomic E-state index is 12.7. The zero-order valence-corrected chi connectivity index (χ0v) is 15.7. The normalized spacial score (nSPS) is 24.7. The molecule has 2 atom stereocenters. The highest BCUT2D eigenvalue weighted by Gasteiger charge is 2.41. The largest absolute Gasteiger partial charge is 0.417 e. The lowest BCUT2D eigenvalue weighted by Gasteiger charge is -2.23. The van der Waals surface area contributed by atoms with E-state index < -0.39 is 11.7 Å². The summed E-state index contributed by atoms with van der Waals surface area (Å²) >= 11 is 0. The van der Waals surface area contributed by atoms with Gasteiger partial charge in [-0.1, -0.05) is 0 Å². The van der Waals surface area contributed by atoms with Gasteiger partial charge in [0, 0.05) is 61.9 Å². The number of anilines is 2. The molecule has 2 aliphatic heterocycles. The zero-order chi connectivity index (χ0) is 19.5. The van der Waals surface area contributed by atoms with Gasteiger partial charge in [0.1, 0.15) is 17.5 Å². The van der Waals surface area contributed by atoms with Crippen LogP contribution in [0, 0.1) is 18.8 Å². The molecular formula is C20H22F3N5. The van der Waals surface area contributed by atoms with Gasteiger partial charge >= 0.3 is 6.18 Å². The Kier molecular flexibility index (Phi) is 4.00. The topological polar surface area (TPSA) is 45.2 Å². The van der Waals surface area contributed by atoms with E-state index in [-0.39, 0.29) is 0 Å². The molecule has 4 heterocycles. The summed E-state index contributed by atoms with van der Waals surface area (Å²) in [5, 5.41) is 0. The van der Waals surface area contributed by atoms with Crippen LogP contribution in [0.4, 0.5) is 24.8 Å². The van der Waals surface area contributed by atoms with Crippen molar-refractivity contribution in [2.24, 2.45) is 11.8 Å². The summed E-state index contributed by atoms with van der Waals surface area (Å²) in [6.45, 7) is 5.49. The van der Waals surface area contributed by atoms with Crippen molar-refractivity contribution < 1.29 is 13.2 Å². The second-order valence-corrected chi connectivity index (χ2v) is 8.23. The van der Waals surface area contributed by atoms with Crippen LogP contribution in [0.1, 0.15) is 35.8 Å². The van der Waals surface area contributed by atoms with E-state index in [0.717, 1.165) is 55.8 Å². The van der Waals surface area contributed by atoms with Crippen molar-refractivity contribution in [3.05, 3.63) is 41.5 Å². The summed E-state index contributed by atoms with van der Waals surface area (Å²) in [7, 11) is 0. The highest BCUT2D eigenvalue weighted by Crippen LogP contribution is 2.40. The number of fused-ring (bicyclic) bond motifs is 1. The third-order valence-electron chi connectivity index (χ3n) is 6.01. The van der Waals surface area contributed by atoms with Gasteiger partial charge in [-0.15, -0.1) is 0 Å². The number of aromatic nitrogens is 3. The Morgan fingerprint density at radius 1 is 0.929 bits per heavy atom. The SMILES string of the molecule is Cc1cc(N2CC3CN(c4ccc(C(F)(F)F)cn4)CC3C2)nc(C2CC2)n1. The Morgan fingerprint density at radius 3 is 2.11 bits per heavy atom. The quantitative estimate of drug-likeness (QED) is 0.802. The lowest BCUT2D eigenvalue weighted by atomic mass is 10.0. The van der Waals surface area contributed by atoms with Crippen LogP contribution < -0.4 is 9.80 Å².